The maximum atomic E-state index is 11.9. The number of benzene rings is 1. The van der Waals surface area contributed by atoms with Crippen LogP contribution in [0.3, 0.4) is 0 Å². The molecule has 1 aromatic carbocycles. The Labute approximate surface area is 129 Å². The Balaban J connectivity index is 2.47. The molecule has 0 fully saturated rings. The number of para-hydroxylation sites is 1. The van der Waals surface area contributed by atoms with Gasteiger partial charge in [0.05, 0.1) is 11.9 Å². The monoisotopic (exact) mass is 376 g/mol. The number of nitrogens with zero attached hydrogens (tertiary/aromatic N) is 2. The smallest absolute Gasteiger partial charge is 0.242 e. The van der Waals surface area contributed by atoms with Gasteiger partial charge in [0.25, 0.3) is 0 Å². The molecule has 1 aromatic heterocycles. The first-order valence-corrected chi connectivity index (χ1v) is 8.07. The molecule has 0 radical (unpaired) electrons. The first kappa shape index (κ1) is 15.2. The van der Waals surface area contributed by atoms with Gasteiger partial charge in [0.1, 0.15) is 9.92 Å². The van der Waals surface area contributed by atoms with Crippen molar-refractivity contribution in [1.82, 2.24) is 14.7 Å². The second kappa shape index (κ2) is 6.04. The third-order valence-corrected chi connectivity index (χ3v) is 4.54. The van der Waals surface area contributed by atoms with Crippen LogP contribution in [0.25, 0.3) is 0 Å². The lowest BCUT2D eigenvalue weighted by molar-refractivity contribution is 0.588. The molecule has 0 aliphatic rings. The zero-order chi connectivity index (χ0) is 14.8. The van der Waals surface area contributed by atoms with Crippen LogP contribution in [0.2, 0.25) is 5.02 Å². The third-order valence-electron chi connectivity index (χ3n) is 2.41. The molecule has 2 rings (SSSR count). The molecule has 106 valence electrons. The SMILES string of the molecule is CNS(=O)(=O)c1ccccc1Nc1nc(Br)ncc1Cl. The Kier molecular flexibility index (Phi) is 4.59. The highest BCUT2D eigenvalue weighted by atomic mass is 79.9. The van der Waals surface area contributed by atoms with Crippen molar-refractivity contribution in [3.63, 3.8) is 0 Å². The van der Waals surface area contributed by atoms with Gasteiger partial charge >= 0.3 is 0 Å². The molecule has 0 bridgehead atoms. The molecular weight excluding hydrogens is 368 g/mol. The summed E-state index contributed by atoms with van der Waals surface area (Å²) in [6.07, 6.45) is 1.41. The minimum Gasteiger partial charge on any atom is -0.338 e. The number of anilines is 2. The van der Waals surface area contributed by atoms with E-state index in [2.05, 4.69) is 35.9 Å². The summed E-state index contributed by atoms with van der Waals surface area (Å²) in [5.74, 6) is 0.312. The molecule has 0 amide bonds. The predicted molar refractivity (Wildman–Crippen MR) is 80.7 cm³/mol. The van der Waals surface area contributed by atoms with E-state index in [0.29, 0.717) is 16.2 Å². The molecule has 20 heavy (non-hydrogen) atoms. The molecule has 2 N–H and O–H groups in total. The van der Waals surface area contributed by atoms with Gasteiger partial charge in [0.2, 0.25) is 10.0 Å². The Hall–Kier alpha value is -1.22. The summed E-state index contributed by atoms with van der Waals surface area (Å²) in [5, 5.41) is 3.17. The van der Waals surface area contributed by atoms with Crippen LogP contribution < -0.4 is 10.0 Å². The van der Waals surface area contributed by atoms with Crippen molar-refractivity contribution >= 4 is 49.1 Å². The maximum absolute atomic E-state index is 11.9. The molecular formula is C11H10BrClN4O2S. The number of hydrogen-bond donors (Lipinski definition) is 2. The van der Waals surface area contributed by atoms with Crippen molar-refractivity contribution in [3.8, 4) is 0 Å². The quantitative estimate of drug-likeness (QED) is 0.800. The van der Waals surface area contributed by atoms with Crippen LogP contribution in [-0.4, -0.2) is 25.4 Å². The summed E-state index contributed by atoms with van der Waals surface area (Å²) in [4.78, 5) is 8.04. The zero-order valence-corrected chi connectivity index (χ0v) is 13.4. The summed E-state index contributed by atoms with van der Waals surface area (Å²) in [5.41, 5.74) is 0.370. The average Bonchev–Trinajstić information content (AvgIpc) is 2.43. The number of halogens is 2. The molecule has 0 spiro atoms. The predicted octanol–water partition coefficient (Wildman–Crippen LogP) is 2.54. The fourth-order valence-electron chi connectivity index (χ4n) is 1.48. The van der Waals surface area contributed by atoms with Gasteiger partial charge in [-0.1, -0.05) is 23.7 Å². The number of aromatic nitrogens is 2. The highest BCUT2D eigenvalue weighted by molar-refractivity contribution is 9.10. The summed E-state index contributed by atoms with van der Waals surface area (Å²) < 4.78 is 26.5. The number of nitrogens with one attached hydrogen (secondary N) is 2. The minimum absolute atomic E-state index is 0.105. The summed E-state index contributed by atoms with van der Waals surface area (Å²) in [6.45, 7) is 0. The first-order valence-electron chi connectivity index (χ1n) is 5.41. The van der Waals surface area contributed by atoms with E-state index in [-0.39, 0.29) is 9.92 Å². The van der Waals surface area contributed by atoms with E-state index < -0.39 is 10.0 Å². The molecule has 9 heteroatoms. The second-order valence-corrected chi connectivity index (χ2v) is 6.64. The molecule has 1 heterocycles. The van der Waals surface area contributed by atoms with E-state index in [0.717, 1.165) is 0 Å². The van der Waals surface area contributed by atoms with Gasteiger partial charge in [0.15, 0.2) is 10.6 Å². The van der Waals surface area contributed by atoms with Gasteiger partial charge in [-0.15, -0.1) is 0 Å². The van der Waals surface area contributed by atoms with Crippen molar-refractivity contribution in [1.29, 1.82) is 0 Å². The lowest BCUT2D eigenvalue weighted by Gasteiger charge is -2.12. The first-order chi connectivity index (χ1) is 9.44. The van der Waals surface area contributed by atoms with Crippen LogP contribution in [0.1, 0.15) is 0 Å². The number of hydrogen-bond acceptors (Lipinski definition) is 5. The largest absolute Gasteiger partial charge is 0.338 e. The minimum atomic E-state index is -3.58. The average molecular weight is 378 g/mol. The van der Waals surface area contributed by atoms with E-state index in [4.69, 9.17) is 11.6 Å². The number of rotatable bonds is 4. The van der Waals surface area contributed by atoms with Crippen molar-refractivity contribution in [2.24, 2.45) is 0 Å². The summed E-state index contributed by atoms with van der Waals surface area (Å²) in [7, 11) is -2.24. The Morgan fingerprint density at radius 2 is 2.00 bits per heavy atom. The van der Waals surface area contributed by atoms with E-state index in [9.17, 15) is 8.42 Å². The second-order valence-electron chi connectivity index (χ2n) is 3.66. The molecule has 0 saturated heterocycles. The normalized spacial score (nSPS) is 11.3. The molecule has 0 atom stereocenters. The van der Waals surface area contributed by atoms with Crippen LogP contribution in [0.5, 0.6) is 0 Å². The molecule has 6 nitrogen and oxygen atoms in total. The lowest BCUT2D eigenvalue weighted by Crippen LogP contribution is -2.19. The highest BCUT2D eigenvalue weighted by Gasteiger charge is 2.17. The fraction of sp³-hybridized carbons (Fsp3) is 0.0909. The van der Waals surface area contributed by atoms with E-state index in [1.807, 2.05) is 0 Å². The Morgan fingerprint density at radius 3 is 2.70 bits per heavy atom. The molecule has 0 unspecified atom stereocenters. The molecule has 2 aromatic rings. The van der Waals surface area contributed by atoms with Crippen LogP contribution in [0, 0.1) is 0 Å². The fourth-order valence-corrected chi connectivity index (χ4v) is 2.78. The van der Waals surface area contributed by atoms with Gasteiger partial charge in [-0.05, 0) is 35.1 Å². The van der Waals surface area contributed by atoms with Gasteiger partial charge in [-0.3, -0.25) is 0 Å². The highest BCUT2D eigenvalue weighted by Crippen LogP contribution is 2.27. The van der Waals surface area contributed by atoms with Crippen molar-refractivity contribution in [2.45, 2.75) is 4.90 Å². The summed E-state index contributed by atoms with van der Waals surface area (Å²) >= 11 is 9.10. The van der Waals surface area contributed by atoms with Crippen LogP contribution in [0.4, 0.5) is 11.5 Å². The maximum Gasteiger partial charge on any atom is 0.242 e. The summed E-state index contributed by atoms with van der Waals surface area (Å²) in [6, 6.07) is 6.45. The van der Waals surface area contributed by atoms with Gasteiger partial charge in [-0.25, -0.2) is 23.1 Å². The van der Waals surface area contributed by atoms with Crippen LogP contribution in [-0.2, 0) is 10.0 Å². The molecule has 0 aliphatic carbocycles. The van der Waals surface area contributed by atoms with Crippen LogP contribution in [0.15, 0.2) is 40.1 Å². The van der Waals surface area contributed by atoms with Crippen molar-refractivity contribution in [3.05, 3.63) is 40.2 Å². The van der Waals surface area contributed by atoms with Crippen molar-refractivity contribution in [2.75, 3.05) is 12.4 Å². The van der Waals surface area contributed by atoms with Gasteiger partial charge in [-0.2, -0.15) is 0 Å². The van der Waals surface area contributed by atoms with Gasteiger partial charge < -0.3 is 5.32 Å². The van der Waals surface area contributed by atoms with E-state index >= 15 is 0 Å². The lowest BCUT2D eigenvalue weighted by atomic mass is 10.3. The zero-order valence-electron chi connectivity index (χ0n) is 10.3. The van der Waals surface area contributed by atoms with E-state index in [1.165, 1.54) is 19.3 Å². The third kappa shape index (κ3) is 3.26. The van der Waals surface area contributed by atoms with Crippen LogP contribution >= 0.6 is 27.5 Å². The Morgan fingerprint density at radius 1 is 1.30 bits per heavy atom. The van der Waals surface area contributed by atoms with Crippen molar-refractivity contribution < 1.29 is 8.42 Å². The molecule has 0 saturated carbocycles. The van der Waals surface area contributed by atoms with E-state index in [1.54, 1.807) is 18.2 Å². The number of sulfonamides is 1. The van der Waals surface area contributed by atoms with Gasteiger partial charge in [0, 0.05) is 0 Å². The standard InChI is InChI=1S/C11H10BrClN4O2S/c1-14-20(18,19)9-5-3-2-4-8(9)16-10-7(13)6-15-11(12)17-10/h2-6,14H,1H3,(H,15,16,17). The molecule has 0 aliphatic heterocycles. The Bertz CT molecular complexity index is 739. The topological polar surface area (TPSA) is 84.0 Å².